The third kappa shape index (κ3) is 2.27. The average Bonchev–Trinajstić information content (AvgIpc) is 2.93. The van der Waals surface area contributed by atoms with Crippen molar-refractivity contribution in [3.8, 4) is 0 Å². The number of nitrogens with zero attached hydrogens (tertiary/aromatic N) is 5. The van der Waals surface area contributed by atoms with Gasteiger partial charge in [0.15, 0.2) is 4.34 Å². The Hall–Kier alpha value is -1.15. The van der Waals surface area contributed by atoms with Gasteiger partial charge in [-0.3, -0.25) is 0 Å². The van der Waals surface area contributed by atoms with Crippen molar-refractivity contribution >= 4 is 28.2 Å². The zero-order chi connectivity index (χ0) is 11.7. The summed E-state index contributed by atoms with van der Waals surface area (Å²) in [6.45, 7) is 1.04. The Kier molecular flexibility index (Phi) is 2.98. The standard InChI is InChI=1S/C9H12N6S2/c10-8-13-14-9(17-8)16-5-7-12-11-6-3-1-2-4-15(6)7/h1-5H2,(H2,10,13). The molecule has 0 radical (unpaired) electrons. The quantitative estimate of drug-likeness (QED) is 0.846. The van der Waals surface area contributed by atoms with Gasteiger partial charge in [-0.05, 0) is 12.8 Å². The number of thioether (sulfide) groups is 1. The Labute approximate surface area is 107 Å². The predicted octanol–water partition coefficient (Wildman–Crippen LogP) is 1.34. The highest BCUT2D eigenvalue weighted by molar-refractivity contribution is 8.00. The van der Waals surface area contributed by atoms with Gasteiger partial charge in [-0.15, -0.1) is 20.4 Å². The smallest absolute Gasteiger partial charge is 0.203 e. The van der Waals surface area contributed by atoms with Crippen LogP contribution >= 0.6 is 23.1 Å². The van der Waals surface area contributed by atoms with Crippen LogP contribution in [-0.4, -0.2) is 25.0 Å². The highest BCUT2D eigenvalue weighted by Gasteiger charge is 2.16. The molecule has 0 saturated heterocycles. The highest BCUT2D eigenvalue weighted by Crippen LogP contribution is 2.27. The SMILES string of the molecule is Nc1nnc(SCc2nnc3n2CCCC3)s1. The summed E-state index contributed by atoms with van der Waals surface area (Å²) in [5, 5.41) is 16.7. The molecule has 0 fully saturated rings. The van der Waals surface area contributed by atoms with E-state index in [1.165, 1.54) is 24.2 Å². The Balaban J connectivity index is 1.71. The predicted molar refractivity (Wildman–Crippen MR) is 66.8 cm³/mol. The first-order valence-electron chi connectivity index (χ1n) is 5.45. The van der Waals surface area contributed by atoms with Gasteiger partial charge in [0.25, 0.3) is 0 Å². The Morgan fingerprint density at radius 2 is 2.18 bits per heavy atom. The van der Waals surface area contributed by atoms with Crippen LogP contribution < -0.4 is 5.73 Å². The molecule has 2 aromatic heterocycles. The largest absolute Gasteiger partial charge is 0.374 e. The molecule has 0 aromatic carbocycles. The molecule has 0 unspecified atom stereocenters. The highest BCUT2D eigenvalue weighted by atomic mass is 32.2. The van der Waals surface area contributed by atoms with E-state index in [9.17, 15) is 0 Å². The van der Waals surface area contributed by atoms with Crippen molar-refractivity contribution in [2.75, 3.05) is 5.73 Å². The maximum Gasteiger partial charge on any atom is 0.203 e. The Morgan fingerprint density at radius 3 is 3.00 bits per heavy atom. The van der Waals surface area contributed by atoms with Crippen molar-refractivity contribution in [1.82, 2.24) is 25.0 Å². The van der Waals surface area contributed by atoms with Crippen LogP contribution in [0.1, 0.15) is 24.5 Å². The summed E-state index contributed by atoms with van der Waals surface area (Å²) in [7, 11) is 0. The minimum atomic E-state index is 0.510. The topological polar surface area (TPSA) is 82.5 Å². The number of nitrogens with two attached hydrogens (primary N) is 1. The molecule has 90 valence electrons. The minimum Gasteiger partial charge on any atom is -0.374 e. The summed E-state index contributed by atoms with van der Waals surface area (Å²) in [5.41, 5.74) is 5.54. The van der Waals surface area contributed by atoms with Crippen LogP contribution in [0.4, 0.5) is 5.13 Å². The Bertz CT molecular complexity index is 519. The number of anilines is 1. The van der Waals surface area contributed by atoms with E-state index in [4.69, 9.17) is 5.73 Å². The third-order valence-electron chi connectivity index (χ3n) is 2.68. The van der Waals surface area contributed by atoms with Gasteiger partial charge in [0.1, 0.15) is 11.6 Å². The van der Waals surface area contributed by atoms with Crippen LogP contribution in [0.2, 0.25) is 0 Å². The third-order valence-corrected chi connectivity index (χ3v) is 4.56. The molecule has 3 heterocycles. The van der Waals surface area contributed by atoms with Gasteiger partial charge in [0.05, 0.1) is 5.75 Å². The van der Waals surface area contributed by atoms with Crippen molar-refractivity contribution in [2.24, 2.45) is 0 Å². The van der Waals surface area contributed by atoms with Crippen LogP contribution in [-0.2, 0) is 18.7 Å². The van der Waals surface area contributed by atoms with E-state index in [1.807, 2.05) is 0 Å². The van der Waals surface area contributed by atoms with Gasteiger partial charge in [-0.2, -0.15) is 0 Å². The zero-order valence-electron chi connectivity index (χ0n) is 9.17. The summed E-state index contributed by atoms with van der Waals surface area (Å²) in [4.78, 5) is 0. The molecule has 1 aliphatic heterocycles. The van der Waals surface area contributed by atoms with Gasteiger partial charge >= 0.3 is 0 Å². The van der Waals surface area contributed by atoms with E-state index < -0.39 is 0 Å². The van der Waals surface area contributed by atoms with E-state index in [0.717, 1.165) is 34.7 Å². The molecule has 2 N–H and O–H groups in total. The first kappa shape index (κ1) is 11.0. The number of aromatic nitrogens is 5. The molecule has 0 saturated carbocycles. The summed E-state index contributed by atoms with van der Waals surface area (Å²) in [6.07, 6.45) is 3.48. The van der Waals surface area contributed by atoms with Gasteiger partial charge in [-0.25, -0.2) is 0 Å². The van der Waals surface area contributed by atoms with E-state index in [1.54, 1.807) is 11.8 Å². The van der Waals surface area contributed by atoms with E-state index in [0.29, 0.717) is 5.13 Å². The molecule has 0 spiro atoms. The van der Waals surface area contributed by atoms with Gasteiger partial charge < -0.3 is 10.3 Å². The zero-order valence-corrected chi connectivity index (χ0v) is 10.8. The second-order valence-electron chi connectivity index (χ2n) is 3.84. The monoisotopic (exact) mass is 268 g/mol. The molecule has 0 amide bonds. The molecular weight excluding hydrogens is 256 g/mol. The molecule has 0 atom stereocenters. The molecule has 8 heteroatoms. The molecule has 3 rings (SSSR count). The van der Waals surface area contributed by atoms with Crippen molar-refractivity contribution in [2.45, 2.75) is 35.9 Å². The summed E-state index contributed by atoms with van der Waals surface area (Å²) < 4.78 is 3.11. The second-order valence-corrected chi connectivity index (χ2v) is 6.07. The van der Waals surface area contributed by atoms with Crippen LogP contribution in [0, 0.1) is 0 Å². The van der Waals surface area contributed by atoms with Crippen molar-refractivity contribution in [3.63, 3.8) is 0 Å². The summed E-state index contributed by atoms with van der Waals surface area (Å²) in [5.74, 6) is 2.92. The molecule has 6 nitrogen and oxygen atoms in total. The van der Waals surface area contributed by atoms with Crippen molar-refractivity contribution in [1.29, 1.82) is 0 Å². The van der Waals surface area contributed by atoms with E-state index in [-0.39, 0.29) is 0 Å². The number of hydrogen-bond acceptors (Lipinski definition) is 7. The van der Waals surface area contributed by atoms with Crippen LogP contribution in [0.25, 0.3) is 0 Å². The maximum absolute atomic E-state index is 5.54. The maximum atomic E-state index is 5.54. The van der Waals surface area contributed by atoms with Crippen LogP contribution in [0.3, 0.4) is 0 Å². The number of fused-ring (bicyclic) bond motifs is 1. The van der Waals surface area contributed by atoms with Gasteiger partial charge in [0, 0.05) is 13.0 Å². The first-order valence-corrected chi connectivity index (χ1v) is 7.26. The summed E-state index contributed by atoms with van der Waals surface area (Å²) >= 11 is 3.02. The lowest BCUT2D eigenvalue weighted by molar-refractivity contribution is 0.513. The first-order chi connectivity index (χ1) is 8.33. The fourth-order valence-corrected chi connectivity index (χ4v) is 3.46. The second kappa shape index (κ2) is 4.61. The minimum absolute atomic E-state index is 0.510. The lowest BCUT2D eigenvalue weighted by Gasteiger charge is -2.14. The fraction of sp³-hybridized carbons (Fsp3) is 0.556. The van der Waals surface area contributed by atoms with Crippen molar-refractivity contribution < 1.29 is 0 Å². The molecule has 17 heavy (non-hydrogen) atoms. The van der Waals surface area contributed by atoms with Gasteiger partial charge in [-0.1, -0.05) is 23.1 Å². The average molecular weight is 268 g/mol. The van der Waals surface area contributed by atoms with E-state index in [2.05, 4.69) is 25.0 Å². The number of hydrogen-bond donors (Lipinski definition) is 1. The Morgan fingerprint density at radius 1 is 1.24 bits per heavy atom. The summed E-state index contributed by atoms with van der Waals surface area (Å²) in [6, 6.07) is 0. The number of aryl methyl sites for hydroxylation is 1. The van der Waals surface area contributed by atoms with E-state index >= 15 is 0 Å². The number of rotatable bonds is 3. The normalized spacial score (nSPS) is 14.8. The number of nitrogen functional groups attached to an aromatic ring is 1. The molecule has 1 aliphatic rings. The lowest BCUT2D eigenvalue weighted by Crippen LogP contribution is -2.12. The van der Waals surface area contributed by atoms with Crippen LogP contribution in [0.15, 0.2) is 4.34 Å². The molecule has 0 aliphatic carbocycles. The fourth-order valence-electron chi connectivity index (χ4n) is 1.88. The van der Waals surface area contributed by atoms with Crippen molar-refractivity contribution in [3.05, 3.63) is 11.6 Å². The molecule has 0 bridgehead atoms. The molecular formula is C9H12N6S2. The molecule has 2 aromatic rings. The van der Waals surface area contributed by atoms with Gasteiger partial charge in [0.2, 0.25) is 5.13 Å². The van der Waals surface area contributed by atoms with Crippen LogP contribution in [0.5, 0.6) is 0 Å². The lowest BCUT2D eigenvalue weighted by atomic mass is 10.2.